The summed E-state index contributed by atoms with van der Waals surface area (Å²) in [5.74, 6) is -0.167. The molecule has 2 fully saturated rings. The first kappa shape index (κ1) is 19.4. The number of ether oxygens (including phenoxy) is 1. The Morgan fingerprint density at radius 1 is 1.25 bits per heavy atom. The molecule has 0 aromatic heterocycles. The zero-order valence-corrected chi connectivity index (χ0v) is 15.5. The van der Waals surface area contributed by atoms with Gasteiger partial charge in [0.15, 0.2) is 18.1 Å². The van der Waals surface area contributed by atoms with Crippen molar-refractivity contribution in [3.63, 3.8) is 0 Å². The summed E-state index contributed by atoms with van der Waals surface area (Å²) in [7, 11) is 0. The van der Waals surface area contributed by atoms with Crippen molar-refractivity contribution in [2.75, 3.05) is 6.61 Å². The third-order valence-electron chi connectivity index (χ3n) is 7.17. The van der Waals surface area contributed by atoms with Gasteiger partial charge in [-0.05, 0) is 73.0 Å². The predicted octanol–water partition coefficient (Wildman–Crippen LogP) is 4.19. The normalized spacial score (nSPS) is 36.0. The van der Waals surface area contributed by atoms with Crippen molar-refractivity contribution < 1.29 is 33.3 Å². The number of nitrogens with zero attached hydrogens (tertiary/aromatic N) is 1. The number of benzene rings is 1. The lowest BCUT2D eigenvalue weighted by atomic mass is 9.55. The SMILES string of the molecule is C[C@]12CC[C@@H]3c4cc(OCC(F)(F)F)c(O)cc4/C(=N/O)C[C@H]3[C@@H]1CC[C@@H]2O. The fourth-order valence-corrected chi connectivity index (χ4v) is 5.77. The van der Waals surface area contributed by atoms with Crippen molar-refractivity contribution in [1.82, 2.24) is 0 Å². The second-order valence-corrected chi connectivity index (χ2v) is 8.58. The van der Waals surface area contributed by atoms with Crippen LogP contribution in [0.1, 0.15) is 56.1 Å². The largest absolute Gasteiger partial charge is 0.504 e. The number of aromatic hydroxyl groups is 1. The molecule has 1 aromatic rings. The number of fused-ring (bicyclic) bond motifs is 5. The Bertz CT molecular complexity index is 809. The summed E-state index contributed by atoms with van der Waals surface area (Å²) in [5, 5.41) is 33.6. The minimum absolute atomic E-state index is 0.0673. The van der Waals surface area contributed by atoms with Crippen molar-refractivity contribution in [1.29, 1.82) is 0 Å². The monoisotopic (exact) mass is 399 g/mol. The van der Waals surface area contributed by atoms with Gasteiger partial charge in [0.05, 0.1) is 11.8 Å². The van der Waals surface area contributed by atoms with Crippen LogP contribution in [-0.2, 0) is 0 Å². The molecule has 5 nitrogen and oxygen atoms in total. The van der Waals surface area contributed by atoms with E-state index < -0.39 is 18.5 Å². The van der Waals surface area contributed by atoms with Crippen LogP contribution in [-0.4, -0.2) is 40.0 Å². The minimum Gasteiger partial charge on any atom is -0.504 e. The summed E-state index contributed by atoms with van der Waals surface area (Å²) in [6, 6.07) is 2.80. The Morgan fingerprint density at radius 3 is 2.68 bits per heavy atom. The molecule has 5 atom stereocenters. The highest BCUT2D eigenvalue weighted by atomic mass is 19.4. The number of oxime groups is 1. The molecule has 3 aliphatic rings. The van der Waals surface area contributed by atoms with Crippen LogP contribution < -0.4 is 4.74 Å². The van der Waals surface area contributed by atoms with Crippen LogP contribution >= 0.6 is 0 Å². The fourth-order valence-electron chi connectivity index (χ4n) is 5.77. The maximum absolute atomic E-state index is 12.5. The first-order valence-electron chi connectivity index (χ1n) is 9.60. The summed E-state index contributed by atoms with van der Waals surface area (Å²) in [6.07, 6.45) is -1.13. The number of alkyl halides is 3. The van der Waals surface area contributed by atoms with Crippen LogP contribution in [0.2, 0.25) is 0 Å². The lowest BCUT2D eigenvalue weighted by molar-refractivity contribution is -0.153. The van der Waals surface area contributed by atoms with Gasteiger partial charge in [0.2, 0.25) is 0 Å². The molecule has 3 aliphatic carbocycles. The molecule has 4 rings (SSSR count). The number of halogens is 3. The molecule has 0 unspecified atom stereocenters. The molecule has 2 saturated carbocycles. The van der Waals surface area contributed by atoms with E-state index in [0.29, 0.717) is 17.7 Å². The summed E-state index contributed by atoms with van der Waals surface area (Å²) in [5.41, 5.74) is 1.54. The Balaban J connectivity index is 1.72. The van der Waals surface area contributed by atoms with Gasteiger partial charge in [-0.25, -0.2) is 0 Å². The third-order valence-corrected chi connectivity index (χ3v) is 7.17. The van der Waals surface area contributed by atoms with E-state index in [4.69, 9.17) is 4.74 Å². The van der Waals surface area contributed by atoms with Crippen molar-refractivity contribution in [3.8, 4) is 11.5 Å². The van der Waals surface area contributed by atoms with Crippen molar-refractivity contribution >= 4 is 5.71 Å². The van der Waals surface area contributed by atoms with Crippen LogP contribution in [0.3, 0.4) is 0 Å². The third kappa shape index (κ3) is 3.02. The number of aliphatic hydroxyl groups is 1. The maximum Gasteiger partial charge on any atom is 0.422 e. The number of hydrogen-bond donors (Lipinski definition) is 3. The van der Waals surface area contributed by atoms with Gasteiger partial charge in [-0.2, -0.15) is 13.2 Å². The van der Waals surface area contributed by atoms with Gasteiger partial charge in [0.25, 0.3) is 0 Å². The molecular weight excluding hydrogens is 375 g/mol. The number of hydrogen-bond acceptors (Lipinski definition) is 5. The number of phenolic OH excluding ortho intramolecular Hbond substituents is 1. The molecule has 0 radical (unpaired) electrons. The highest BCUT2D eigenvalue weighted by molar-refractivity contribution is 6.03. The molecule has 0 spiro atoms. The van der Waals surface area contributed by atoms with Gasteiger partial charge >= 0.3 is 6.18 Å². The molecule has 154 valence electrons. The van der Waals surface area contributed by atoms with E-state index >= 15 is 0 Å². The van der Waals surface area contributed by atoms with Crippen LogP contribution in [0, 0.1) is 17.3 Å². The van der Waals surface area contributed by atoms with E-state index in [-0.39, 0.29) is 35.0 Å². The zero-order valence-electron chi connectivity index (χ0n) is 15.5. The van der Waals surface area contributed by atoms with E-state index in [0.717, 1.165) is 31.2 Å². The van der Waals surface area contributed by atoms with E-state index in [1.807, 2.05) is 0 Å². The highest BCUT2D eigenvalue weighted by Crippen LogP contribution is 2.61. The van der Waals surface area contributed by atoms with Crippen molar-refractivity contribution in [3.05, 3.63) is 23.3 Å². The molecule has 3 N–H and O–H groups in total. The highest BCUT2D eigenvalue weighted by Gasteiger charge is 2.55. The number of rotatable bonds is 2. The van der Waals surface area contributed by atoms with Gasteiger partial charge < -0.3 is 20.2 Å². The average molecular weight is 399 g/mol. The van der Waals surface area contributed by atoms with E-state index in [1.54, 1.807) is 0 Å². The summed E-state index contributed by atoms with van der Waals surface area (Å²) >= 11 is 0. The molecule has 1 aromatic carbocycles. The van der Waals surface area contributed by atoms with E-state index in [1.165, 1.54) is 12.1 Å². The average Bonchev–Trinajstić information content (AvgIpc) is 2.93. The smallest absolute Gasteiger partial charge is 0.422 e. The summed E-state index contributed by atoms with van der Waals surface area (Å²) in [6.45, 7) is 0.618. The molecule has 0 saturated heterocycles. The first-order chi connectivity index (χ1) is 13.1. The molecular formula is C20H24F3NO4. The first-order valence-corrected chi connectivity index (χ1v) is 9.60. The lowest BCUT2D eigenvalue weighted by Crippen LogP contribution is -2.45. The second kappa shape index (κ2) is 6.54. The Labute approximate surface area is 160 Å². The topological polar surface area (TPSA) is 82.3 Å². The van der Waals surface area contributed by atoms with Gasteiger partial charge in [-0.15, -0.1) is 0 Å². The van der Waals surface area contributed by atoms with Crippen LogP contribution in [0.15, 0.2) is 17.3 Å². The lowest BCUT2D eigenvalue weighted by Gasteiger charge is -2.50. The zero-order chi connectivity index (χ0) is 20.3. The standard InChI is InChI=1S/C20H24F3NO4/c1-19-5-4-10-11-8-17(28-9-20(21,22)23)16(25)7-13(11)15(24-27)6-12(10)14(19)2-3-18(19)26/h7-8,10,12,14,18,25-27H,2-6,9H2,1H3/b24-15+/t10-,12-,14+,18+,19+/m1/s1. The van der Waals surface area contributed by atoms with Gasteiger partial charge in [-0.3, -0.25) is 0 Å². The van der Waals surface area contributed by atoms with Gasteiger partial charge in [0.1, 0.15) is 0 Å². The summed E-state index contributed by atoms with van der Waals surface area (Å²) in [4.78, 5) is 0. The second-order valence-electron chi connectivity index (χ2n) is 8.58. The van der Waals surface area contributed by atoms with Crippen LogP contribution in [0.25, 0.3) is 0 Å². The summed E-state index contributed by atoms with van der Waals surface area (Å²) < 4.78 is 42.4. The molecule has 0 aliphatic heterocycles. The van der Waals surface area contributed by atoms with Crippen molar-refractivity contribution in [2.45, 2.75) is 57.2 Å². The molecule has 0 bridgehead atoms. The molecule has 0 amide bonds. The number of aliphatic hydroxyl groups excluding tert-OH is 1. The Morgan fingerprint density at radius 2 is 2.00 bits per heavy atom. The minimum atomic E-state index is -4.50. The maximum atomic E-state index is 12.5. The molecule has 0 heterocycles. The Hall–Kier alpha value is -1.96. The number of phenols is 1. The fraction of sp³-hybridized carbons (Fsp3) is 0.650. The van der Waals surface area contributed by atoms with E-state index in [2.05, 4.69) is 12.1 Å². The van der Waals surface area contributed by atoms with Crippen LogP contribution in [0.5, 0.6) is 11.5 Å². The molecule has 8 heteroatoms. The van der Waals surface area contributed by atoms with Crippen LogP contribution in [0.4, 0.5) is 13.2 Å². The van der Waals surface area contributed by atoms with E-state index in [9.17, 15) is 28.6 Å². The van der Waals surface area contributed by atoms with Gasteiger partial charge in [-0.1, -0.05) is 12.1 Å². The predicted molar refractivity (Wildman–Crippen MR) is 94.9 cm³/mol. The van der Waals surface area contributed by atoms with Gasteiger partial charge in [0, 0.05) is 5.56 Å². The molecule has 28 heavy (non-hydrogen) atoms. The quantitative estimate of drug-likeness (QED) is 0.515. The van der Waals surface area contributed by atoms with Crippen molar-refractivity contribution in [2.24, 2.45) is 22.4 Å². The Kier molecular flexibility index (Phi) is 4.52.